The van der Waals surface area contributed by atoms with Crippen LogP contribution in [0.3, 0.4) is 0 Å². The number of carbonyl (C=O) groups excluding carboxylic acids is 1. The van der Waals surface area contributed by atoms with Gasteiger partial charge in [0.1, 0.15) is 11.8 Å². The number of rotatable bonds is 5. The Morgan fingerprint density at radius 1 is 1.33 bits per heavy atom. The zero-order valence-electron chi connectivity index (χ0n) is 14.7. The molecule has 2 aromatic rings. The largest absolute Gasteiger partial charge is 0.324 e. The molecule has 0 saturated heterocycles. The maximum atomic E-state index is 12.2. The van der Waals surface area contributed by atoms with Gasteiger partial charge in [0.2, 0.25) is 0 Å². The lowest BCUT2D eigenvalue weighted by Crippen LogP contribution is -2.21. The molecule has 8 nitrogen and oxygen atoms in total. The predicted octanol–water partition coefficient (Wildman–Crippen LogP) is 2.91. The number of hydrogen-bond donors (Lipinski definition) is 2. The summed E-state index contributed by atoms with van der Waals surface area (Å²) in [6.45, 7) is 9.17. The van der Waals surface area contributed by atoms with E-state index in [-0.39, 0.29) is 5.92 Å². The molecule has 0 aliphatic rings. The second-order valence-electron chi connectivity index (χ2n) is 6.40. The number of hydrogen-bond acceptors (Lipinski definition) is 4. The molecule has 0 aromatic carbocycles. The maximum absolute atomic E-state index is 12.2. The highest BCUT2D eigenvalue weighted by atomic mass is 16.2. The van der Waals surface area contributed by atoms with E-state index in [2.05, 4.69) is 48.5 Å². The van der Waals surface area contributed by atoms with E-state index < -0.39 is 6.03 Å². The Kier molecular flexibility index (Phi) is 5.24. The van der Waals surface area contributed by atoms with Gasteiger partial charge < -0.3 is 5.32 Å². The first kappa shape index (κ1) is 17.5. The zero-order chi connectivity index (χ0) is 17.9. The Bertz CT molecular complexity index is 764. The van der Waals surface area contributed by atoms with Crippen molar-refractivity contribution in [1.82, 2.24) is 19.6 Å². The van der Waals surface area contributed by atoms with Gasteiger partial charge in [0.25, 0.3) is 0 Å². The molecule has 128 valence electrons. The third kappa shape index (κ3) is 3.93. The van der Waals surface area contributed by atoms with Crippen molar-refractivity contribution in [3.05, 3.63) is 23.7 Å². The smallest absolute Gasteiger partial charge is 0.305 e. The summed E-state index contributed by atoms with van der Waals surface area (Å²) in [4.78, 5) is 12.2. The highest BCUT2D eigenvalue weighted by Crippen LogP contribution is 2.25. The lowest BCUT2D eigenvalue weighted by atomic mass is 10.1. The Balaban J connectivity index is 2.13. The summed E-state index contributed by atoms with van der Waals surface area (Å²) < 4.78 is 3.34. The fourth-order valence-electron chi connectivity index (χ4n) is 2.49. The zero-order valence-corrected chi connectivity index (χ0v) is 14.7. The van der Waals surface area contributed by atoms with E-state index in [4.69, 9.17) is 5.26 Å². The number of nitriles is 1. The number of nitrogens with one attached hydrogen (secondary N) is 2. The minimum absolute atomic E-state index is 0.224. The van der Waals surface area contributed by atoms with Crippen molar-refractivity contribution < 1.29 is 4.79 Å². The lowest BCUT2D eigenvalue weighted by Gasteiger charge is -2.14. The summed E-state index contributed by atoms with van der Waals surface area (Å²) >= 11 is 0. The molecule has 2 heterocycles. The SMILES string of the molecule is CC(C)Cn1ncc(NC(=O)Nc2cc(C#N)n(C)n2)c1C(C)C. The van der Waals surface area contributed by atoms with Crippen molar-refractivity contribution in [3.8, 4) is 6.07 Å². The summed E-state index contributed by atoms with van der Waals surface area (Å²) in [6.07, 6.45) is 1.66. The van der Waals surface area contributed by atoms with Gasteiger partial charge in [-0.05, 0) is 11.8 Å². The first-order valence-electron chi connectivity index (χ1n) is 7.89. The number of anilines is 2. The van der Waals surface area contributed by atoms with E-state index in [0.29, 0.717) is 23.1 Å². The van der Waals surface area contributed by atoms with Crippen molar-refractivity contribution in [3.63, 3.8) is 0 Å². The summed E-state index contributed by atoms with van der Waals surface area (Å²) in [5, 5.41) is 22.8. The minimum Gasteiger partial charge on any atom is -0.305 e. The Hall–Kier alpha value is -2.82. The van der Waals surface area contributed by atoms with Crippen molar-refractivity contribution >= 4 is 17.5 Å². The number of aryl methyl sites for hydroxylation is 1. The van der Waals surface area contributed by atoms with Crippen LogP contribution in [0.4, 0.5) is 16.3 Å². The number of carbonyl (C=O) groups is 1. The highest BCUT2D eigenvalue weighted by Gasteiger charge is 2.17. The summed E-state index contributed by atoms with van der Waals surface area (Å²) in [6, 6.07) is 3.11. The van der Waals surface area contributed by atoms with Crippen LogP contribution in [-0.2, 0) is 13.6 Å². The van der Waals surface area contributed by atoms with E-state index in [1.54, 1.807) is 13.2 Å². The van der Waals surface area contributed by atoms with Crippen molar-refractivity contribution in [2.75, 3.05) is 10.6 Å². The molecule has 0 bridgehead atoms. The molecule has 2 rings (SSSR count). The van der Waals surface area contributed by atoms with Gasteiger partial charge in [-0.15, -0.1) is 0 Å². The van der Waals surface area contributed by atoms with Gasteiger partial charge in [0.05, 0.1) is 17.6 Å². The number of nitrogens with zero attached hydrogens (tertiary/aromatic N) is 5. The van der Waals surface area contributed by atoms with Gasteiger partial charge in [-0.1, -0.05) is 27.7 Å². The molecule has 8 heteroatoms. The van der Waals surface area contributed by atoms with Crippen molar-refractivity contribution in [2.24, 2.45) is 13.0 Å². The fraction of sp³-hybridized carbons (Fsp3) is 0.500. The maximum Gasteiger partial charge on any atom is 0.324 e. The van der Waals surface area contributed by atoms with Crippen LogP contribution in [0.5, 0.6) is 0 Å². The molecule has 2 N–H and O–H groups in total. The van der Waals surface area contributed by atoms with Gasteiger partial charge in [-0.25, -0.2) is 4.79 Å². The predicted molar refractivity (Wildman–Crippen MR) is 91.7 cm³/mol. The molecule has 2 aromatic heterocycles. The second-order valence-corrected chi connectivity index (χ2v) is 6.40. The molecule has 0 radical (unpaired) electrons. The monoisotopic (exact) mass is 329 g/mol. The van der Waals surface area contributed by atoms with Gasteiger partial charge in [-0.2, -0.15) is 15.5 Å². The van der Waals surface area contributed by atoms with E-state index >= 15 is 0 Å². The Labute approximate surface area is 141 Å². The third-order valence-corrected chi connectivity index (χ3v) is 3.45. The number of amides is 2. The molecule has 0 aliphatic heterocycles. The normalized spacial score (nSPS) is 10.9. The van der Waals surface area contributed by atoms with E-state index in [9.17, 15) is 4.79 Å². The van der Waals surface area contributed by atoms with Crippen LogP contribution in [0, 0.1) is 17.2 Å². The molecule has 0 spiro atoms. The fourth-order valence-corrected chi connectivity index (χ4v) is 2.49. The van der Waals surface area contributed by atoms with E-state index in [1.165, 1.54) is 10.7 Å². The topological polar surface area (TPSA) is 101 Å². The first-order chi connectivity index (χ1) is 11.3. The molecule has 0 saturated carbocycles. The van der Waals surface area contributed by atoms with Crippen LogP contribution >= 0.6 is 0 Å². The molecule has 0 atom stereocenters. The van der Waals surface area contributed by atoms with Crippen molar-refractivity contribution in [2.45, 2.75) is 40.2 Å². The van der Waals surface area contributed by atoms with Crippen LogP contribution in [0.25, 0.3) is 0 Å². The third-order valence-electron chi connectivity index (χ3n) is 3.45. The van der Waals surface area contributed by atoms with Crippen LogP contribution in [0.2, 0.25) is 0 Å². The molecule has 24 heavy (non-hydrogen) atoms. The summed E-state index contributed by atoms with van der Waals surface area (Å²) in [5.74, 6) is 1.01. The Morgan fingerprint density at radius 3 is 2.58 bits per heavy atom. The first-order valence-corrected chi connectivity index (χ1v) is 7.89. The van der Waals surface area contributed by atoms with Gasteiger partial charge in [-0.3, -0.25) is 14.7 Å². The molecule has 0 unspecified atom stereocenters. The van der Waals surface area contributed by atoms with Gasteiger partial charge >= 0.3 is 6.03 Å². The Morgan fingerprint density at radius 2 is 2.04 bits per heavy atom. The van der Waals surface area contributed by atoms with Crippen molar-refractivity contribution in [1.29, 1.82) is 5.26 Å². The quantitative estimate of drug-likeness (QED) is 0.880. The number of aromatic nitrogens is 4. The second kappa shape index (κ2) is 7.17. The van der Waals surface area contributed by atoms with Crippen LogP contribution in [-0.4, -0.2) is 25.6 Å². The standard InChI is InChI=1S/C16H23N7O/c1-10(2)9-23-15(11(3)4)13(8-18-23)19-16(24)20-14-6-12(7-17)22(5)21-14/h6,8,10-11H,9H2,1-5H3,(H2,19,20,21,24). The summed E-state index contributed by atoms with van der Waals surface area (Å²) in [7, 11) is 1.65. The molecular formula is C16H23N7O. The van der Waals surface area contributed by atoms with Crippen LogP contribution in [0.1, 0.15) is 45.0 Å². The molecular weight excluding hydrogens is 306 g/mol. The average molecular weight is 329 g/mol. The number of urea groups is 1. The molecule has 2 amide bonds. The van der Waals surface area contributed by atoms with Crippen LogP contribution < -0.4 is 10.6 Å². The lowest BCUT2D eigenvalue weighted by molar-refractivity contribution is 0.262. The molecule has 0 aliphatic carbocycles. The van der Waals surface area contributed by atoms with E-state index in [0.717, 1.165) is 12.2 Å². The van der Waals surface area contributed by atoms with Gasteiger partial charge in [0, 0.05) is 19.7 Å². The van der Waals surface area contributed by atoms with Crippen LogP contribution in [0.15, 0.2) is 12.3 Å². The highest BCUT2D eigenvalue weighted by molar-refractivity contribution is 5.99. The average Bonchev–Trinajstić information content (AvgIpc) is 3.01. The van der Waals surface area contributed by atoms with E-state index in [1.807, 2.05) is 10.8 Å². The molecule has 0 fully saturated rings. The minimum atomic E-state index is -0.413. The summed E-state index contributed by atoms with van der Waals surface area (Å²) in [5.41, 5.74) is 2.04. The van der Waals surface area contributed by atoms with Gasteiger partial charge in [0.15, 0.2) is 5.82 Å².